The van der Waals surface area contributed by atoms with Crippen molar-refractivity contribution in [3.05, 3.63) is 65.2 Å². The van der Waals surface area contributed by atoms with Crippen LogP contribution in [0.3, 0.4) is 0 Å². The first kappa shape index (κ1) is 17.9. The molecule has 1 N–H and O–H groups in total. The summed E-state index contributed by atoms with van der Waals surface area (Å²) in [7, 11) is 4.04. The third-order valence-electron chi connectivity index (χ3n) is 3.48. The molecule has 1 amide bonds. The maximum atomic E-state index is 12.1. The molecule has 0 fully saturated rings. The van der Waals surface area contributed by atoms with Crippen LogP contribution in [-0.2, 0) is 4.79 Å². The summed E-state index contributed by atoms with van der Waals surface area (Å²) in [5, 5.41) is 3.72. The fourth-order valence-electron chi connectivity index (χ4n) is 2.21. The van der Waals surface area contributed by atoms with Crippen molar-refractivity contribution in [2.24, 2.45) is 0 Å². The van der Waals surface area contributed by atoms with E-state index < -0.39 is 0 Å². The van der Waals surface area contributed by atoms with E-state index >= 15 is 0 Å². The van der Waals surface area contributed by atoms with E-state index in [2.05, 4.69) is 22.3 Å². The van der Waals surface area contributed by atoms with Crippen LogP contribution in [0.25, 0.3) is 0 Å². The average Bonchev–Trinajstić information content (AvgIpc) is 2.55. The molecule has 0 aliphatic heterocycles. The van der Waals surface area contributed by atoms with E-state index in [1.54, 1.807) is 0 Å². The fraction of sp³-hybridized carbons (Fsp3) is 0.278. The predicted molar refractivity (Wildman–Crippen MR) is 98.1 cm³/mol. The van der Waals surface area contributed by atoms with Gasteiger partial charge in [0.05, 0.1) is 11.8 Å². The van der Waals surface area contributed by atoms with E-state index in [-0.39, 0.29) is 11.9 Å². The van der Waals surface area contributed by atoms with Crippen molar-refractivity contribution in [2.45, 2.75) is 10.9 Å². The summed E-state index contributed by atoms with van der Waals surface area (Å²) >= 11 is 7.36. The predicted octanol–water partition coefficient (Wildman–Crippen LogP) is 3.85. The molecule has 0 radical (unpaired) electrons. The monoisotopic (exact) mass is 348 g/mol. The summed E-state index contributed by atoms with van der Waals surface area (Å²) in [4.78, 5) is 15.2. The first-order chi connectivity index (χ1) is 11.1. The van der Waals surface area contributed by atoms with Crippen molar-refractivity contribution < 1.29 is 4.79 Å². The zero-order chi connectivity index (χ0) is 16.7. The molecule has 2 aromatic rings. The molecule has 2 rings (SSSR count). The lowest BCUT2D eigenvalue weighted by Gasteiger charge is -2.25. The quantitative estimate of drug-likeness (QED) is 0.771. The topological polar surface area (TPSA) is 32.3 Å². The molecule has 0 aliphatic carbocycles. The average molecular weight is 349 g/mol. The Bertz CT molecular complexity index is 617. The van der Waals surface area contributed by atoms with Crippen LogP contribution in [0.2, 0.25) is 5.02 Å². The molecular formula is C18H21ClN2OS. The highest BCUT2D eigenvalue weighted by molar-refractivity contribution is 8.00. The molecule has 3 nitrogen and oxygen atoms in total. The maximum absolute atomic E-state index is 12.1. The minimum absolute atomic E-state index is 0.0349. The SMILES string of the molecule is CN(C)C(CNC(=O)CSc1ccc(Cl)cc1)c1ccccc1. The van der Waals surface area contributed by atoms with Gasteiger partial charge in [-0.05, 0) is 43.9 Å². The molecule has 0 bridgehead atoms. The Morgan fingerprint density at radius 2 is 1.78 bits per heavy atom. The van der Waals surface area contributed by atoms with Crippen LogP contribution >= 0.6 is 23.4 Å². The van der Waals surface area contributed by atoms with Gasteiger partial charge in [-0.2, -0.15) is 0 Å². The Kier molecular flexibility index (Phi) is 6.96. The van der Waals surface area contributed by atoms with Gasteiger partial charge in [0.2, 0.25) is 5.91 Å². The number of rotatable bonds is 7. The van der Waals surface area contributed by atoms with Gasteiger partial charge in [-0.1, -0.05) is 41.9 Å². The highest BCUT2D eigenvalue weighted by Crippen LogP contribution is 2.20. The number of nitrogens with one attached hydrogen (secondary N) is 1. The fourth-order valence-corrected chi connectivity index (χ4v) is 3.07. The van der Waals surface area contributed by atoms with Gasteiger partial charge in [-0.3, -0.25) is 4.79 Å². The number of benzene rings is 2. The maximum Gasteiger partial charge on any atom is 0.230 e. The number of carbonyl (C=O) groups excluding carboxylic acids is 1. The molecule has 1 unspecified atom stereocenters. The molecule has 0 saturated carbocycles. The van der Waals surface area contributed by atoms with Crippen LogP contribution in [0.4, 0.5) is 0 Å². The molecule has 0 aliphatic rings. The largest absolute Gasteiger partial charge is 0.353 e. The number of hydrogen-bond donors (Lipinski definition) is 1. The lowest BCUT2D eigenvalue weighted by atomic mass is 10.1. The highest BCUT2D eigenvalue weighted by atomic mass is 35.5. The van der Waals surface area contributed by atoms with Crippen LogP contribution in [-0.4, -0.2) is 37.2 Å². The van der Waals surface area contributed by atoms with Gasteiger partial charge in [0, 0.05) is 16.5 Å². The molecule has 0 spiro atoms. The Morgan fingerprint density at radius 3 is 2.39 bits per heavy atom. The summed E-state index contributed by atoms with van der Waals surface area (Å²) in [6.45, 7) is 0.594. The molecule has 1 atom stereocenters. The Balaban J connectivity index is 1.83. The first-order valence-electron chi connectivity index (χ1n) is 7.42. The number of nitrogens with zero attached hydrogens (tertiary/aromatic N) is 1. The number of likely N-dealkylation sites (N-methyl/N-ethyl adjacent to an activating group) is 1. The van der Waals surface area contributed by atoms with Crippen molar-refractivity contribution in [1.82, 2.24) is 10.2 Å². The number of thioether (sulfide) groups is 1. The van der Waals surface area contributed by atoms with E-state index in [9.17, 15) is 4.79 Å². The van der Waals surface area contributed by atoms with E-state index in [0.717, 1.165) is 4.90 Å². The smallest absolute Gasteiger partial charge is 0.230 e. The molecule has 5 heteroatoms. The Labute approximate surface area is 147 Å². The molecule has 0 saturated heterocycles. The van der Waals surface area contributed by atoms with Gasteiger partial charge in [-0.15, -0.1) is 11.8 Å². The van der Waals surface area contributed by atoms with Gasteiger partial charge in [0.15, 0.2) is 0 Å². The first-order valence-corrected chi connectivity index (χ1v) is 8.79. The minimum Gasteiger partial charge on any atom is -0.353 e. The summed E-state index contributed by atoms with van der Waals surface area (Å²) in [5.74, 6) is 0.434. The van der Waals surface area contributed by atoms with Crippen LogP contribution in [0.1, 0.15) is 11.6 Å². The van der Waals surface area contributed by atoms with E-state index in [1.165, 1.54) is 17.3 Å². The summed E-state index contributed by atoms with van der Waals surface area (Å²) < 4.78 is 0. The molecule has 0 aromatic heterocycles. The van der Waals surface area contributed by atoms with Crippen LogP contribution < -0.4 is 5.32 Å². The second kappa shape index (κ2) is 8.96. The van der Waals surface area contributed by atoms with Gasteiger partial charge >= 0.3 is 0 Å². The van der Waals surface area contributed by atoms with E-state index in [0.29, 0.717) is 17.3 Å². The highest BCUT2D eigenvalue weighted by Gasteiger charge is 2.14. The van der Waals surface area contributed by atoms with Gasteiger partial charge in [0.1, 0.15) is 0 Å². The number of carbonyl (C=O) groups is 1. The third kappa shape index (κ3) is 5.90. The van der Waals surface area contributed by atoms with Crippen molar-refractivity contribution in [2.75, 3.05) is 26.4 Å². The number of amides is 1. The van der Waals surface area contributed by atoms with Crippen molar-refractivity contribution in [1.29, 1.82) is 0 Å². The number of halogens is 1. The van der Waals surface area contributed by atoms with Gasteiger partial charge in [0.25, 0.3) is 0 Å². The molecular weight excluding hydrogens is 328 g/mol. The minimum atomic E-state index is 0.0349. The van der Waals surface area contributed by atoms with Crippen LogP contribution in [0.15, 0.2) is 59.5 Å². The lowest BCUT2D eigenvalue weighted by Crippen LogP contribution is -2.35. The summed E-state index contributed by atoms with van der Waals surface area (Å²) in [5.41, 5.74) is 1.20. The zero-order valence-electron chi connectivity index (χ0n) is 13.3. The molecule has 0 heterocycles. The van der Waals surface area contributed by atoms with Crippen LogP contribution in [0, 0.1) is 0 Å². The third-order valence-corrected chi connectivity index (χ3v) is 4.75. The van der Waals surface area contributed by atoms with E-state index in [4.69, 9.17) is 11.6 Å². The van der Waals surface area contributed by atoms with Crippen molar-refractivity contribution >= 4 is 29.3 Å². The number of hydrogen-bond acceptors (Lipinski definition) is 3. The molecule has 2 aromatic carbocycles. The summed E-state index contributed by atoms with van der Waals surface area (Å²) in [6.07, 6.45) is 0. The molecule has 23 heavy (non-hydrogen) atoms. The van der Waals surface area contributed by atoms with Crippen LogP contribution in [0.5, 0.6) is 0 Å². The van der Waals surface area contributed by atoms with E-state index in [1.807, 2.05) is 56.6 Å². The standard InChI is InChI=1S/C18H21ClN2OS/c1-21(2)17(14-6-4-3-5-7-14)12-20-18(22)13-23-16-10-8-15(19)9-11-16/h3-11,17H,12-13H2,1-2H3,(H,20,22). The second-order valence-electron chi connectivity index (χ2n) is 5.44. The van der Waals surface area contributed by atoms with Crippen molar-refractivity contribution in [3.8, 4) is 0 Å². The van der Waals surface area contributed by atoms with Gasteiger partial charge in [-0.25, -0.2) is 0 Å². The lowest BCUT2D eigenvalue weighted by molar-refractivity contribution is -0.118. The van der Waals surface area contributed by atoms with Crippen molar-refractivity contribution in [3.63, 3.8) is 0 Å². The summed E-state index contributed by atoms with van der Waals surface area (Å²) in [6, 6.07) is 17.9. The normalized spacial score (nSPS) is 12.2. The Morgan fingerprint density at radius 1 is 1.13 bits per heavy atom. The molecule has 122 valence electrons. The zero-order valence-corrected chi connectivity index (χ0v) is 14.9. The second-order valence-corrected chi connectivity index (χ2v) is 6.92. The van der Waals surface area contributed by atoms with Gasteiger partial charge < -0.3 is 10.2 Å². The Hall–Kier alpha value is -1.49.